The van der Waals surface area contributed by atoms with Gasteiger partial charge in [-0.15, -0.1) is 11.3 Å². The highest BCUT2D eigenvalue weighted by molar-refractivity contribution is 7.99. The van der Waals surface area contributed by atoms with Crippen LogP contribution in [0.2, 0.25) is 5.02 Å². The van der Waals surface area contributed by atoms with Gasteiger partial charge in [0.25, 0.3) is 0 Å². The molecule has 1 saturated heterocycles. The van der Waals surface area contributed by atoms with Crippen LogP contribution < -0.4 is 22.1 Å². The van der Waals surface area contributed by atoms with Gasteiger partial charge >= 0.3 is 0 Å². The maximum absolute atomic E-state index is 6.85. The van der Waals surface area contributed by atoms with Crippen LogP contribution in [0.4, 0.5) is 17.5 Å². The summed E-state index contributed by atoms with van der Waals surface area (Å²) in [6, 6.07) is 4.25. The topological polar surface area (TPSA) is 120 Å². The molecular formula is C24H30ClN7S2. The Kier molecular flexibility index (Phi) is 5.95. The van der Waals surface area contributed by atoms with Gasteiger partial charge in [-0.05, 0) is 47.8 Å². The molecular weight excluding hydrogens is 486 g/mol. The molecule has 1 fully saturated rings. The molecule has 1 spiro atoms. The predicted molar refractivity (Wildman–Crippen MR) is 142 cm³/mol. The number of hydrogen-bond donors (Lipinski definition) is 3. The van der Waals surface area contributed by atoms with E-state index >= 15 is 0 Å². The van der Waals surface area contributed by atoms with Crippen LogP contribution in [0.3, 0.4) is 0 Å². The van der Waals surface area contributed by atoms with Crippen molar-refractivity contribution in [2.45, 2.75) is 61.4 Å². The minimum absolute atomic E-state index is 0.101. The van der Waals surface area contributed by atoms with E-state index in [9.17, 15) is 0 Å². The van der Waals surface area contributed by atoms with E-state index in [2.05, 4.69) is 46.7 Å². The fourth-order valence-corrected chi connectivity index (χ4v) is 7.32. The molecule has 10 heteroatoms. The van der Waals surface area contributed by atoms with E-state index in [1.807, 2.05) is 11.3 Å². The van der Waals surface area contributed by atoms with Gasteiger partial charge in [-0.1, -0.05) is 44.1 Å². The number of aromatic nitrogens is 3. The molecule has 34 heavy (non-hydrogen) atoms. The van der Waals surface area contributed by atoms with E-state index in [0.29, 0.717) is 15.9 Å². The number of thiophene rings is 1. The summed E-state index contributed by atoms with van der Waals surface area (Å²) in [6.07, 6.45) is 6.55. The SMILES string of the molecule is CC(C)(C)c1cc2c(s1)CC1(CCN(c3cnc(Sc4ccnc(N)c4Cl)c(N)n3)CC1)[C@@H]2N. The zero-order valence-electron chi connectivity index (χ0n) is 19.6. The van der Waals surface area contributed by atoms with Crippen LogP contribution in [0.25, 0.3) is 0 Å². The fraction of sp³-hybridized carbons (Fsp3) is 0.458. The molecule has 4 heterocycles. The smallest absolute Gasteiger partial charge is 0.158 e. The van der Waals surface area contributed by atoms with E-state index in [-0.39, 0.29) is 22.7 Å². The van der Waals surface area contributed by atoms with Crippen LogP contribution in [0.1, 0.15) is 55.0 Å². The predicted octanol–water partition coefficient (Wildman–Crippen LogP) is 5.04. The highest BCUT2D eigenvalue weighted by Gasteiger charge is 2.47. The van der Waals surface area contributed by atoms with Crippen LogP contribution in [-0.4, -0.2) is 28.0 Å². The van der Waals surface area contributed by atoms with Crippen molar-refractivity contribution >= 4 is 52.2 Å². The Morgan fingerprint density at radius 1 is 1.18 bits per heavy atom. The molecule has 7 nitrogen and oxygen atoms in total. The van der Waals surface area contributed by atoms with Crippen molar-refractivity contribution < 1.29 is 0 Å². The Hall–Kier alpha value is -2.07. The van der Waals surface area contributed by atoms with E-state index in [0.717, 1.165) is 43.1 Å². The van der Waals surface area contributed by atoms with E-state index < -0.39 is 0 Å². The third kappa shape index (κ3) is 4.12. The second kappa shape index (κ2) is 8.55. The summed E-state index contributed by atoms with van der Waals surface area (Å²) in [7, 11) is 0. The molecule has 0 amide bonds. The Morgan fingerprint density at radius 3 is 2.56 bits per heavy atom. The number of rotatable bonds is 3. The van der Waals surface area contributed by atoms with Crippen molar-refractivity contribution in [1.82, 2.24) is 15.0 Å². The van der Waals surface area contributed by atoms with Gasteiger partial charge in [0.15, 0.2) is 5.82 Å². The van der Waals surface area contributed by atoms with Crippen molar-refractivity contribution in [1.29, 1.82) is 0 Å². The van der Waals surface area contributed by atoms with Crippen LogP contribution in [0, 0.1) is 5.41 Å². The number of nitrogens with two attached hydrogens (primary N) is 3. The van der Waals surface area contributed by atoms with Crippen LogP contribution in [0.15, 0.2) is 34.4 Å². The first kappa shape index (κ1) is 23.7. The number of halogens is 1. The van der Waals surface area contributed by atoms with Gasteiger partial charge in [0.05, 0.1) is 11.2 Å². The molecule has 1 atom stereocenters. The summed E-state index contributed by atoms with van der Waals surface area (Å²) < 4.78 is 0. The average Bonchev–Trinajstić information content (AvgIpc) is 3.31. The fourth-order valence-electron chi connectivity index (χ4n) is 4.88. The molecule has 3 aromatic heterocycles. The van der Waals surface area contributed by atoms with Crippen molar-refractivity contribution in [2.75, 3.05) is 29.5 Å². The summed E-state index contributed by atoms with van der Waals surface area (Å²) >= 11 is 9.55. The van der Waals surface area contributed by atoms with Crippen molar-refractivity contribution in [3.05, 3.63) is 44.9 Å². The van der Waals surface area contributed by atoms with Gasteiger partial charge in [0.2, 0.25) is 0 Å². The molecule has 5 rings (SSSR count). The molecule has 0 aromatic carbocycles. The number of pyridine rings is 1. The van der Waals surface area contributed by atoms with Crippen LogP contribution in [0.5, 0.6) is 0 Å². The number of hydrogen-bond acceptors (Lipinski definition) is 9. The first-order chi connectivity index (χ1) is 16.1. The molecule has 0 unspecified atom stereocenters. The monoisotopic (exact) mass is 515 g/mol. The molecule has 1 aliphatic carbocycles. The Bertz CT molecular complexity index is 1230. The lowest BCUT2D eigenvalue weighted by Crippen LogP contribution is -2.44. The zero-order chi connectivity index (χ0) is 24.3. The number of nitrogens with zero attached hydrogens (tertiary/aromatic N) is 4. The minimum atomic E-state index is 0.101. The lowest BCUT2D eigenvalue weighted by atomic mass is 9.73. The highest BCUT2D eigenvalue weighted by atomic mass is 35.5. The maximum Gasteiger partial charge on any atom is 0.158 e. The first-order valence-electron chi connectivity index (χ1n) is 11.4. The van der Waals surface area contributed by atoms with Gasteiger partial charge in [-0.2, -0.15) is 0 Å². The molecule has 6 N–H and O–H groups in total. The molecule has 2 aliphatic rings. The lowest BCUT2D eigenvalue weighted by Gasteiger charge is -2.42. The second-order valence-electron chi connectivity index (χ2n) is 10.3. The molecule has 180 valence electrons. The highest BCUT2D eigenvalue weighted by Crippen LogP contribution is 2.54. The van der Waals surface area contributed by atoms with Crippen LogP contribution in [-0.2, 0) is 11.8 Å². The van der Waals surface area contributed by atoms with Gasteiger partial charge < -0.3 is 22.1 Å². The van der Waals surface area contributed by atoms with Crippen molar-refractivity contribution in [3.63, 3.8) is 0 Å². The van der Waals surface area contributed by atoms with Gasteiger partial charge in [-0.25, -0.2) is 15.0 Å². The minimum Gasteiger partial charge on any atom is -0.382 e. The summed E-state index contributed by atoms with van der Waals surface area (Å²) in [6.45, 7) is 8.59. The molecule has 1 aliphatic heterocycles. The van der Waals surface area contributed by atoms with E-state index in [1.165, 1.54) is 27.1 Å². The summed E-state index contributed by atoms with van der Waals surface area (Å²) in [5.41, 5.74) is 20.6. The molecule has 0 bridgehead atoms. The third-order valence-electron chi connectivity index (χ3n) is 7.01. The third-order valence-corrected chi connectivity index (χ3v) is 10.2. The zero-order valence-corrected chi connectivity index (χ0v) is 22.0. The molecule has 0 radical (unpaired) electrons. The van der Waals surface area contributed by atoms with Gasteiger partial charge in [-0.3, -0.25) is 0 Å². The van der Waals surface area contributed by atoms with Crippen LogP contribution >= 0.6 is 34.7 Å². The second-order valence-corrected chi connectivity index (χ2v) is 12.8. The van der Waals surface area contributed by atoms with Gasteiger partial charge in [0, 0.05) is 40.0 Å². The standard InChI is InChI=1S/C24H30ClN7S2/c1-23(2,3)16-10-13-15(33-16)11-24(19(13)26)5-8-32(9-6-24)17-12-30-22(21(28)31-17)34-14-4-7-29-20(27)18(14)25/h4,7,10,12,19H,5-6,8-9,11,26H2,1-3H3,(H2,27,29)(H2,28,31)/t19-/m1/s1. The first-order valence-corrected chi connectivity index (χ1v) is 13.4. The summed E-state index contributed by atoms with van der Waals surface area (Å²) in [4.78, 5) is 19.1. The summed E-state index contributed by atoms with van der Waals surface area (Å²) in [5.74, 6) is 1.46. The number of anilines is 3. The maximum atomic E-state index is 6.85. The number of piperidine rings is 1. The van der Waals surface area contributed by atoms with Crippen molar-refractivity contribution in [3.8, 4) is 0 Å². The number of fused-ring (bicyclic) bond motifs is 1. The van der Waals surface area contributed by atoms with Gasteiger partial charge in [0.1, 0.15) is 16.7 Å². The normalized spacial score (nSPS) is 19.6. The molecule has 0 saturated carbocycles. The van der Waals surface area contributed by atoms with E-state index in [4.69, 9.17) is 28.8 Å². The average molecular weight is 516 g/mol. The summed E-state index contributed by atoms with van der Waals surface area (Å²) in [5, 5.41) is 0.997. The van der Waals surface area contributed by atoms with E-state index in [1.54, 1.807) is 18.5 Å². The Labute approximate surface area is 213 Å². The number of nitrogen functional groups attached to an aromatic ring is 2. The Balaban J connectivity index is 1.27. The van der Waals surface area contributed by atoms with Crippen molar-refractivity contribution in [2.24, 2.45) is 11.1 Å². The lowest BCUT2D eigenvalue weighted by molar-refractivity contribution is 0.187. The largest absolute Gasteiger partial charge is 0.382 e. The Morgan fingerprint density at radius 2 is 1.91 bits per heavy atom. The quantitative estimate of drug-likeness (QED) is 0.443. The molecule has 3 aromatic rings.